The second kappa shape index (κ2) is 4.89. The van der Waals surface area contributed by atoms with Gasteiger partial charge in [-0.25, -0.2) is 0 Å². The Morgan fingerprint density at radius 1 is 1.26 bits per heavy atom. The molecule has 0 bridgehead atoms. The Bertz CT molecular complexity index is 410. The zero-order chi connectivity index (χ0) is 14.3. The fraction of sp³-hybridized carbons (Fsp3) is 0.867. The van der Waals surface area contributed by atoms with Crippen molar-refractivity contribution in [3.8, 4) is 0 Å². The summed E-state index contributed by atoms with van der Waals surface area (Å²) < 4.78 is 0. The zero-order valence-electron chi connectivity index (χ0n) is 12.6. The Kier molecular flexibility index (Phi) is 3.74. The molecule has 0 aromatic heterocycles. The molecule has 4 heteroatoms. The maximum atomic E-state index is 12.5. The standard InChI is InChI=1S/C15H27N2O2/c1-14(2)11-7-5-6-8-12(11)16-17(19)15(3,4)13(14)9-10-18/h13,18H,5-10H2,1-4H3,(H,16,19)/q+1/t13-/m0/s1. The molecular formula is C15H27N2O2+. The minimum Gasteiger partial charge on any atom is -0.396 e. The van der Waals surface area contributed by atoms with Gasteiger partial charge in [0.2, 0.25) is 5.54 Å². The molecule has 0 unspecified atom stereocenters. The maximum Gasteiger partial charge on any atom is 0.242 e. The number of nitrogens with zero attached hydrogens (tertiary/aromatic N) is 1. The van der Waals surface area contributed by atoms with E-state index in [2.05, 4.69) is 19.3 Å². The summed E-state index contributed by atoms with van der Waals surface area (Å²) in [6.07, 6.45) is 5.06. The molecular weight excluding hydrogens is 240 g/mol. The van der Waals surface area contributed by atoms with Crippen LogP contribution < -0.4 is 5.43 Å². The van der Waals surface area contributed by atoms with E-state index in [0.717, 1.165) is 29.8 Å². The third kappa shape index (κ3) is 2.31. The van der Waals surface area contributed by atoms with Gasteiger partial charge in [0.25, 0.3) is 0 Å². The number of hydrogen-bond donors (Lipinski definition) is 2. The predicted molar refractivity (Wildman–Crippen MR) is 75.3 cm³/mol. The molecule has 19 heavy (non-hydrogen) atoms. The summed E-state index contributed by atoms with van der Waals surface area (Å²) in [5, 5.41) is 9.40. The molecule has 0 spiro atoms. The van der Waals surface area contributed by atoms with Crippen LogP contribution in [0.15, 0.2) is 11.3 Å². The quantitative estimate of drug-likeness (QED) is 0.756. The lowest BCUT2D eigenvalue weighted by atomic mass is 9.62. The summed E-state index contributed by atoms with van der Waals surface area (Å²) in [6, 6.07) is 0. The van der Waals surface area contributed by atoms with Gasteiger partial charge in [-0.1, -0.05) is 13.8 Å². The van der Waals surface area contributed by atoms with Crippen LogP contribution in [0.1, 0.15) is 59.8 Å². The van der Waals surface area contributed by atoms with E-state index in [4.69, 9.17) is 0 Å². The van der Waals surface area contributed by atoms with Crippen LogP contribution in [0.4, 0.5) is 0 Å². The van der Waals surface area contributed by atoms with Crippen LogP contribution in [0.5, 0.6) is 0 Å². The van der Waals surface area contributed by atoms with Gasteiger partial charge in [-0.3, -0.25) is 0 Å². The Labute approximate surface area is 115 Å². The number of rotatable bonds is 2. The summed E-state index contributed by atoms with van der Waals surface area (Å²) in [6.45, 7) is 8.56. The van der Waals surface area contributed by atoms with E-state index in [9.17, 15) is 10.0 Å². The van der Waals surface area contributed by atoms with Crippen LogP contribution in [0.2, 0.25) is 0 Å². The van der Waals surface area contributed by atoms with Gasteiger partial charge in [0, 0.05) is 26.4 Å². The maximum absolute atomic E-state index is 12.5. The average Bonchev–Trinajstić information content (AvgIpc) is 2.39. The van der Waals surface area contributed by atoms with Crippen molar-refractivity contribution in [2.24, 2.45) is 11.3 Å². The molecule has 2 N–H and O–H groups in total. The summed E-state index contributed by atoms with van der Waals surface area (Å²) in [4.78, 5) is 13.5. The topological polar surface area (TPSA) is 52.3 Å². The van der Waals surface area contributed by atoms with Crippen molar-refractivity contribution in [2.75, 3.05) is 6.61 Å². The first kappa shape index (κ1) is 14.5. The minimum absolute atomic E-state index is 0.0475. The SMILES string of the molecule is CC1(C)C2=C(CCCC2)N[N+](=O)C(C)(C)[C@H]1CCO. The number of nitroso groups, excluding NO2 is 1. The Morgan fingerprint density at radius 2 is 1.89 bits per heavy atom. The fourth-order valence-corrected chi connectivity index (χ4v) is 4.08. The van der Waals surface area contributed by atoms with Crippen LogP contribution >= 0.6 is 0 Å². The van der Waals surface area contributed by atoms with Gasteiger partial charge in [0.15, 0.2) is 0 Å². The van der Waals surface area contributed by atoms with Crippen LogP contribution in [0.3, 0.4) is 0 Å². The van der Waals surface area contributed by atoms with Gasteiger partial charge < -0.3 is 5.11 Å². The highest BCUT2D eigenvalue weighted by Crippen LogP contribution is 2.49. The summed E-state index contributed by atoms with van der Waals surface area (Å²) in [7, 11) is 0. The van der Waals surface area contributed by atoms with E-state index >= 15 is 0 Å². The van der Waals surface area contributed by atoms with Crippen LogP contribution in [-0.4, -0.2) is 22.1 Å². The molecule has 1 aliphatic carbocycles. The van der Waals surface area contributed by atoms with E-state index in [0.29, 0.717) is 6.42 Å². The molecule has 108 valence electrons. The van der Waals surface area contributed by atoms with Crippen molar-refractivity contribution < 1.29 is 9.98 Å². The lowest BCUT2D eigenvalue weighted by molar-refractivity contribution is -0.674. The number of hydrazine groups is 1. The van der Waals surface area contributed by atoms with Crippen molar-refractivity contribution in [2.45, 2.75) is 65.3 Å². The molecule has 1 aliphatic heterocycles. The van der Waals surface area contributed by atoms with Gasteiger partial charge in [-0.15, -0.1) is 5.43 Å². The molecule has 4 nitrogen and oxygen atoms in total. The largest absolute Gasteiger partial charge is 0.396 e. The van der Waals surface area contributed by atoms with Crippen molar-refractivity contribution in [1.82, 2.24) is 5.43 Å². The predicted octanol–water partition coefficient (Wildman–Crippen LogP) is 2.92. The molecule has 0 fully saturated rings. The van der Waals surface area contributed by atoms with Crippen LogP contribution in [-0.2, 0) is 0 Å². The third-order valence-corrected chi connectivity index (χ3v) is 5.15. The van der Waals surface area contributed by atoms with Crippen molar-refractivity contribution in [3.05, 3.63) is 16.2 Å². The highest BCUT2D eigenvalue weighted by Gasteiger charge is 2.55. The van der Waals surface area contributed by atoms with E-state index in [1.54, 1.807) is 0 Å². The molecule has 0 aromatic rings. The fourth-order valence-electron chi connectivity index (χ4n) is 4.08. The molecule has 2 aliphatic rings. The van der Waals surface area contributed by atoms with Gasteiger partial charge >= 0.3 is 0 Å². The second-order valence-corrected chi connectivity index (χ2v) is 7.01. The van der Waals surface area contributed by atoms with Crippen molar-refractivity contribution in [3.63, 3.8) is 0 Å². The molecule has 1 heterocycles. The molecule has 1 atom stereocenters. The second-order valence-electron chi connectivity index (χ2n) is 7.01. The molecule has 0 radical (unpaired) electrons. The Morgan fingerprint density at radius 3 is 2.53 bits per heavy atom. The molecule has 0 saturated heterocycles. The lowest BCUT2D eigenvalue weighted by Gasteiger charge is -2.39. The molecule has 2 rings (SSSR count). The number of allylic oxidation sites excluding steroid dienone is 2. The first-order chi connectivity index (χ1) is 8.81. The van der Waals surface area contributed by atoms with E-state index in [-0.39, 0.29) is 17.9 Å². The first-order valence-electron chi connectivity index (χ1n) is 7.39. The molecule has 0 saturated carbocycles. The lowest BCUT2D eigenvalue weighted by Crippen LogP contribution is -2.50. The third-order valence-electron chi connectivity index (χ3n) is 5.15. The van der Waals surface area contributed by atoms with Crippen molar-refractivity contribution in [1.29, 1.82) is 0 Å². The summed E-state index contributed by atoms with van der Waals surface area (Å²) in [5.74, 6) is 0.139. The van der Waals surface area contributed by atoms with Crippen LogP contribution in [0, 0.1) is 16.2 Å². The zero-order valence-corrected chi connectivity index (χ0v) is 12.6. The summed E-state index contributed by atoms with van der Waals surface area (Å²) >= 11 is 0. The molecule has 0 amide bonds. The molecule has 0 aromatic carbocycles. The Hall–Kier alpha value is -0.900. The van der Waals surface area contributed by atoms with Crippen molar-refractivity contribution >= 4 is 0 Å². The number of nitrogens with one attached hydrogen (secondary N) is 1. The van der Waals surface area contributed by atoms with Gasteiger partial charge in [0.1, 0.15) is 4.87 Å². The Balaban J connectivity index is 2.50. The minimum atomic E-state index is -0.524. The van der Waals surface area contributed by atoms with E-state index < -0.39 is 5.54 Å². The van der Waals surface area contributed by atoms with Gasteiger partial charge in [0.05, 0.1) is 10.6 Å². The smallest absolute Gasteiger partial charge is 0.242 e. The van der Waals surface area contributed by atoms with E-state index in [1.165, 1.54) is 12.0 Å². The monoisotopic (exact) mass is 267 g/mol. The first-order valence-corrected chi connectivity index (χ1v) is 7.39. The normalized spacial score (nSPS) is 29.5. The number of aliphatic hydroxyl groups excluding tert-OH is 1. The van der Waals surface area contributed by atoms with Gasteiger partial charge in [-0.05, 0) is 43.1 Å². The average molecular weight is 267 g/mol. The highest BCUT2D eigenvalue weighted by atomic mass is 16.3. The number of aliphatic hydroxyl groups is 1. The van der Waals surface area contributed by atoms with Gasteiger partial charge in [-0.2, -0.15) is 0 Å². The summed E-state index contributed by atoms with van der Waals surface area (Å²) in [5.41, 5.74) is 5.04. The highest BCUT2D eigenvalue weighted by molar-refractivity contribution is 5.24. The van der Waals surface area contributed by atoms with E-state index in [1.807, 2.05) is 13.8 Å². The van der Waals surface area contributed by atoms with Crippen LogP contribution in [0.25, 0.3) is 0 Å². The number of hydrogen-bond acceptors (Lipinski definition) is 2.